The molecule has 0 saturated carbocycles. The molecule has 0 fully saturated rings. The standard InChI is InChI=1S/C18H14F4N4O2S/c1-26-16(13-4-2-3-5-14(13)19)24-25-17(26)29-10-15(27)23-11-6-8-12(9-7-11)28-18(20,21)22/h2-9H,10H2,1H3,(H,23,27). The fourth-order valence-corrected chi connectivity index (χ4v) is 3.10. The van der Waals surface area contributed by atoms with Gasteiger partial charge in [0.2, 0.25) is 5.91 Å². The highest BCUT2D eigenvalue weighted by Gasteiger charge is 2.31. The average molecular weight is 426 g/mol. The monoisotopic (exact) mass is 426 g/mol. The predicted octanol–water partition coefficient (Wildman–Crippen LogP) is 4.25. The Morgan fingerprint density at radius 3 is 2.48 bits per heavy atom. The Labute approximate surface area is 166 Å². The van der Waals surface area contributed by atoms with E-state index in [9.17, 15) is 22.4 Å². The van der Waals surface area contributed by atoms with Crippen molar-refractivity contribution < 1.29 is 27.1 Å². The van der Waals surface area contributed by atoms with E-state index in [0.29, 0.717) is 22.2 Å². The van der Waals surface area contributed by atoms with E-state index in [-0.39, 0.29) is 11.5 Å². The van der Waals surface area contributed by atoms with Gasteiger partial charge in [0.25, 0.3) is 0 Å². The Balaban J connectivity index is 1.58. The topological polar surface area (TPSA) is 69.0 Å². The normalized spacial score (nSPS) is 11.3. The van der Waals surface area contributed by atoms with Crippen LogP contribution < -0.4 is 10.1 Å². The van der Waals surface area contributed by atoms with Crippen molar-refractivity contribution in [3.8, 4) is 17.1 Å². The zero-order valence-electron chi connectivity index (χ0n) is 14.9. The van der Waals surface area contributed by atoms with E-state index in [4.69, 9.17) is 0 Å². The zero-order valence-corrected chi connectivity index (χ0v) is 15.7. The molecule has 11 heteroatoms. The number of ether oxygens (including phenoxy) is 1. The molecule has 0 aliphatic carbocycles. The van der Waals surface area contributed by atoms with Gasteiger partial charge < -0.3 is 14.6 Å². The first-order valence-corrected chi connectivity index (χ1v) is 9.14. The summed E-state index contributed by atoms with van der Waals surface area (Å²) in [6.07, 6.45) is -4.78. The molecule has 0 aliphatic heterocycles. The molecule has 0 unspecified atom stereocenters. The van der Waals surface area contributed by atoms with E-state index < -0.39 is 18.1 Å². The summed E-state index contributed by atoms with van der Waals surface area (Å²) in [4.78, 5) is 12.1. The van der Waals surface area contributed by atoms with Gasteiger partial charge in [-0.15, -0.1) is 23.4 Å². The molecule has 1 aromatic heterocycles. The first kappa shape index (κ1) is 20.6. The lowest BCUT2D eigenvalue weighted by atomic mass is 10.2. The Morgan fingerprint density at radius 2 is 1.83 bits per heavy atom. The lowest BCUT2D eigenvalue weighted by Gasteiger charge is -2.10. The maximum atomic E-state index is 13.9. The van der Waals surface area contributed by atoms with Gasteiger partial charge >= 0.3 is 6.36 Å². The van der Waals surface area contributed by atoms with Crippen LogP contribution in [0, 0.1) is 5.82 Å². The molecule has 0 radical (unpaired) electrons. The molecular weight excluding hydrogens is 412 g/mol. The van der Waals surface area contributed by atoms with Gasteiger partial charge in [0, 0.05) is 12.7 Å². The van der Waals surface area contributed by atoms with Crippen LogP contribution in [0.3, 0.4) is 0 Å². The molecule has 3 aromatic rings. The minimum atomic E-state index is -4.78. The van der Waals surface area contributed by atoms with Crippen LogP contribution in [0.25, 0.3) is 11.4 Å². The number of aromatic nitrogens is 3. The first-order valence-electron chi connectivity index (χ1n) is 8.16. The maximum Gasteiger partial charge on any atom is 0.573 e. The van der Waals surface area contributed by atoms with Gasteiger partial charge in [0.15, 0.2) is 11.0 Å². The molecular formula is C18H14F4N4O2S. The van der Waals surface area contributed by atoms with Crippen molar-refractivity contribution in [3.63, 3.8) is 0 Å². The number of carbonyl (C=O) groups excluding carboxylic acids is 1. The van der Waals surface area contributed by atoms with Crippen molar-refractivity contribution >= 4 is 23.4 Å². The van der Waals surface area contributed by atoms with Crippen LogP contribution in [0.15, 0.2) is 53.7 Å². The van der Waals surface area contributed by atoms with E-state index >= 15 is 0 Å². The van der Waals surface area contributed by atoms with Crippen LogP contribution in [0.4, 0.5) is 23.2 Å². The van der Waals surface area contributed by atoms with Crippen LogP contribution >= 0.6 is 11.8 Å². The number of thioether (sulfide) groups is 1. The Bertz CT molecular complexity index is 1010. The van der Waals surface area contributed by atoms with Crippen LogP contribution in [0.1, 0.15) is 0 Å². The number of hydrogen-bond acceptors (Lipinski definition) is 5. The molecule has 3 rings (SSSR count). The SMILES string of the molecule is Cn1c(SCC(=O)Nc2ccc(OC(F)(F)F)cc2)nnc1-c1ccccc1F. The van der Waals surface area contributed by atoms with Gasteiger partial charge in [0.05, 0.1) is 11.3 Å². The number of benzene rings is 2. The third-order valence-corrected chi connectivity index (χ3v) is 4.67. The van der Waals surface area contributed by atoms with Crippen molar-refractivity contribution in [2.45, 2.75) is 11.5 Å². The van der Waals surface area contributed by atoms with Crippen LogP contribution in [0.5, 0.6) is 5.75 Å². The third kappa shape index (κ3) is 5.47. The van der Waals surface area contributed by atoms with E-state index in [1.54, 1.807) is 29.8 Å². The molecule has 2 aromatic carbocycles. The summed E-state index contributed by atoms with van der Waals surface area (Å²) in [5.74, 6) is -0.912. The minimum Gasteiger partial charge on any atom is -0.406 e. The van der Waals surface area contributed by atoms with Gasteiger partial charge in [-0.2, -0.15) is 0 Å². The summed E-state index contributed by atoms with van der Waals surface area (Å²) in [5, 5.41) is 10.9. The number of rotatable bonds is 6. The minimum absolute atomic E-state index is 0.0238. The second kappa shape index (κ2) is 8.52. The van der Waals surface area contributed by atoms with Gasteiger partial charge in [-0.1, -0.05) is 23.9 Å². The summed E-state index contributed by atoms with van der Waals surface area (Å²) >= 11 is 1.09. The zero-order chi connectivity index (χ0) is 21.0. The van der Waals surface area contributed by atoms with Crippen molar-refractivity contribution in [3.05, 3.63) is 54.3 Å². The molecule has 29 heavy (non-hydrogen) atoms. The Morgan fingerprint density at radius 1 is 1.14 bits per heavy atom. The van der Waals surface area contributed by atoms with Crippen molar-refractivity contribution in [2.24, 2.45) is 7.05 Å². The molecule has 152 valence electrons. The second-order valence-electron chi connectivity index (χ2n) is 5.75. The van der Waals surface area contributed by atoms with Crippen molar-refractivity contribution in [1.29, 1.82) is 0 Å². The molecule has 0 bridgehead atoms. The third-order valence-electron chi connectivity index (χ3n) is 3.65. The van der Waals surface area contributed by atoms with Gasteiger partial charge in [0.1, 0.15) is 11.6 Å². The molecule has 1 heterocycles. The number of nitrogens with one attached hydrogen (secondary N) is 1. The highest BCUT2D eigenvalue weighted by molar-refractivity contribution is 7.99. The van der Waals surface area contributed by atoms with E-state index in [0.717, 1.165) is 23.9 Å². The molecule has 1 amide bonds. The summed E-state index contributed by atoms with van der Waals surface area (Å²) in [6.45, 7) is 0. The van der Waals surface area contributed by atoms with E-state index in [2.05, 4.69) is 20.3 Å². The molecule has 0 spiro atoms. The first-order chi connectivity index (χ1) is 13.7. The number of hydrogen-bond donors (Lipinski definition) is 1. The quantitative estimate of drug-likeness (QED) is 0.472. The summed E-state index contributed by atoms with van der Waals surface area (Å²) < 4.78 is 55.7. The predicted molar refractivity (Wildman–Crippen MR) is 98.9 cm³/mol. The number of carbonyl (C=O) groups is 1. The number of alkyl halides is 3. The number of amides is 1. The second-order valence-corrected chi connectivity index (χ2v) is 6.70. The van der Waals surface area contributed by atoms with Crippen molar-refractivity contribution in [1.82, 2.24) is 14.8 Å². The lowest BCUT2D eigenvalue weighted by Crippen LogP contribution is -2.17. The Kier molecular flexibility index (Phi) is 6.06. The number of anilines is 1. The van der Waals surface area contributed by atoms with Crippen LogP contribution in [0.2, 0.25) is 0 Å². The number of halogens is 4. The highest BCUT2D eigenvalue weighted by Crippen LogP contribution is 2.26. The Hall–Kier alpha value is -3.08. The fraction of sp³-hybridized carbons (Fsp3) is 0.167. The van der Waals surface area contributed by atoms with Gasteiger partial charge in [-0.3, -0.25) is 4.79 Å². The highest BCUT2D eigenvalue weighted by atomic mass is 32.2. The van der Waals surface area contributed by atoms with Crippen molar-refractivity contribution in [2.75, 3.05) is 11.1 Å². The summed E-state index contributed by atoms with van der Waals surface area (Å²) in [7, 11) is 1.65. The molecule has 0 aliphatic rings. The van der Waals surface area contributed by atoms with Gasteiger partial charge in [-0.05, 0) is 36.4 Å². The van der Waals surface area contributed by atoms with Crippen LogP contribution in [-0.2, 0) is 11.8 Å². The number of nitrogens with zero attached hydrogens (tertiary/aromatic N) is 3. The lowest BCUT2D eigenvalue weighted by molar-refractivity contribution is -0.274. The molecule has 0 saturated heterocycles. The van der Waals surface area contributed by atoms with Gasteiger partial charge in [-0.25, -0.2) is 4.39 Å². The van der Waals surface area contributed by atoms with Crippen LogP contribution in [-0.4, -0.2) is 32.8 Å². The average Bonchev–Trinajstić information content (AvgIpc) is 3.01. The molecule has 0 atom stereocenters. The molecule has 6 nitrogen and oxygen atoms in total. The fourth-order valence-electron chi connectivity index (χ4n) is 2.38. The summed E-state index contributed by atoms with van der Waals surface area (Å²) in [6, 6.07) is 10.9. The van der Waals surface area contributed by atoms with E-state index in [1.165, 1.54) is 18.2 Å². The maximum absolute atomic E-state index is 13.9. The summed E-state index contributed by atoms with van der Waals surface area (Å²) in [5.41, 5.74) is 0.607. The smallest absolute Gasteiger partial charge is 0.406 e. The van der Waals surface area contributed by atoms with E-state index in [1.807, 2.05) is 0 Å². The molecule has 1 N–H and O–H groups in total. The largest absolute Gasteiger partial charge is 0.573 e.